The number of hydrogen-bond donors (Lipinski definition) is 0. The summed E-state index contributed by atoms with van der Waals surface area (Å²) in [7, 11) is 2.77. The van der Waals surface area contributed by atoms with E-state index < -0.39 is 35.3 Å². The molecule has 0 spiro atoms. The molecule has 0 aliphatic heterocycles. The van der Waals surface area contributed by atoms with Crippen molar-refractivity contribution in [2.75, 3.05) is 7.11 Å². The van der Waals surface area contributed by atoms with Crippen molar-refractivity contribution in [3.05, 3.63) is 41.6 Å². The zero-order valence-corrected chi connectivity index (χ0v) is 20.3. The van der Waals surface area contributed by atoms with E-state index >= 15 is 0 Å². The molecule has 0 amide bonds. The van der Waals surface area contributed by atoms with Gasteiger partial charge in [-0.1, -0.05) is 0 Å². The van der Waals surface area contributed by atoms with Gasteiger partial charge in [0.05, 0.1) is 23.7 Å². The fourth-order valence-electron chi connectivity index (χ4n) is 3.25. The first kappa shape index (κ1) is 26.2. The van der Waals surface area contributed by atoms with Gasteiger partial charge in [0.15, 0.2) is 11.6 Å². The highest BCUT2D eigenvalue weighted by Crippen LogP contribution is 2.38. The Morgan fingerprint density at radius 1 is 1.06 bits per heavy atom. The summed E-state index contributed by atoms with van der Waals surface area (Å²) in [5, 5.41) is 0. The van der Waals surface area contributed by atoms with E-state index in [2.05, 4.69) is 9.97 Å². The van der Waals surface area contributed by atoms with E-state index in [-0.39, 0.29) is 44.9 Å². The number of aryl methyl sites for hydroxylation is 1. The van der Waals surface area contributed by atoms with Crippen LogP contribution in [0.2, 0.25) is 0 Å². The van der Waals surface area contributed by atoms with Crippen LogP contribution in [-0.2, 0) is 21.3 Å². The lowest BCUT2D eigenvalue weighted by Gasteiger charge is -2.19. The lowest BCUT2D eigenvalue weighted by molar-refractivity contribution is -0.153. The second kappa shape index (κ2) is 9.68. The Bertz CT molecular complexity index is 1310. The van der Waals surface area contributed by atoms with Crippen LogP contribution in [0.1, 0.15) is 48.0 Å². The number of nitrogens with zero attached hydrogens (tertiary/aromatic N) is 3. The first-order valence-corrected chi connectivity index (χ1v) is 11.1. The summed E-state index contributed by atoms with van der Waals surface area (Å²) < 4.78 is 49.9. The van der Waals surface area contributed by atoms with Gasteiger partial charge in [-0.15, -0.1) is 0 Å². The van der Waals surface area contributed by atoms with Crippen molar-refractivity contribution in [2.45, 2.75) is 43.2 Å². The molecule has 35 heavy (non-hydrogen) atoms. The molecule has 0 saturated carbocycles. The van der Waals surface area contributed by atoms with Crippen molar-refractivity contribution in [1.82, 2.24) is 14.5 Å². The number of pyridine rings is 1. The van der Waals surface area contributed by atoms with Gasteiger partial charge < -0.3 is 14.0 Å². The summed E-state index contributed by atoms with van der Waals surface area (Å²) in [6.07, 6.45) is -0.568. The Morgan fingerprint density at radius 3 is 2.34 bits per heavy atom. The molecule has 0 unspecified atom stereocenters. The molecule has 186 valence electrons. The number of rotatable bonds is 6. The maximum absolute atomic E-state index is 12.8. The zero-order valence-electron chi connectivity index (χ0n) is 19.5. The van der Waals surface area contributed by atoms with Gasteiger partial charge in [0.1, 0.15) is 23.4 Å². The fourth-order valence-corrected chi connectivity index (χ4v) is 3.82. The van der Waals surface area contributed by atoms with Crippen LogP contribution in [0.5, 0.6) is 0 Å². The van der Waals surface area contributed by atoms with Crippen molar-refractivity contribution in [2.24, 2.45) is 7.05 Å². The highest BCUT2D eigenvalue weighted by molar-refractivity contribution is 8.00. The number of hydrogen-bond acceptors (Lipinski definition) is 8. The van der Waals surface area contributed by atoms with Crippen LogP contribution in [0, 0.1) is 0 Å². The number of carbonyl (C=O) groups is 3. The number of alkyl halides is 3. The lowest BCUT2D eigenvalue weighted by atomic mass is 10.1. The summed E-state index contributed by atoms with van der Waals surface area (Å²) in [6.45, 7) is 5.00. The van der Waals surface area contributed by atoms with E-state index in [9.17, 15) is 27.6 Å². The second-order valence-electron chi connectivity index (χ2n) is 8.46. The minimum atomic E-state index is -4.46. The number of carbonyl (C=O) groups excluding carboxylic acids is 3. The number of fused-ring (bicyclic) bond motifs is 1. The maximum atomic E-state index is 12.8. The third kappa shape index (κ3) is 6.38. The molecule has 0 aliphatic rings. The summed E-state index contributed by atoms with van der Waals surface area (Å²) >= 11 is -0.274. The predicted octanol–water partition coefficient (Wildman–Crippen LogP) is 4.95. The van der Waals surface area contributed by atoms with Gasteiger partial charge in [-0.25, -0.2) is 14.8 Å². The summed E-state index contributed by atoms with van der Waals surface area (Å²) in [5.41, 5.74) is -4.66. The molecule has 0 radical (unpaired) electrons. The van der Waals surface area contributed by atoms with Gasteiger partial charge in [-0.3, -0.25) is 9.59 Å². The molecule has 3 rings (SSSR count). The Kier molecular flexibility index (Phi) is 7.25. The molecule has 2 heterocycles. The molecule has 0 fully saturated rings. The number of benzene rings is 1. The van der Waals surface area contributed by atoms with E-state index in [1.807, 2.05) is 0 Å². The van der Waals surface area contributed by atoms with Crippen molar-refractivity contribution in [3.8, 4) is 11.5 Å². The van der Waals surface area contributed by atoms with E-state index in [0.29, 0.717) is 5.52 Å². The van der Waals surface area contributed by atoms with Crippen LogP contribution < -0.4 is 0 Å². The molecule has 0 atom stereocenters. The number of esters is 2. The third-order valence-corrected chi connectivity index (χ3v) is 5.33. The second-order valence-corrected chi connectivity index (χ2v) is 9.60. The van der Waals surface area contributed by atoms with Crippen LogP contribution >= 0.6 is 11.8 Å². The summed E-state index contributed by atoms with van der Waals surface area (Å²) in [5.74, 6) is -2.00. The third-order valence-electron chi connectivity index (χ3n) is 4.61. The number of thioether (sulfide) groups is 1. The van der Waals surface area contributed by atoms with Gasteiger partial charge in [0.2, 0.25) is 0 Å². The van der Waals surface area contributed by atoms with Crippen LogP contribution in [-0.4, -0.2) is 50.5 Å². The van der Waals surface area contributed by atoms with Crippen molar-refractivity contribution >= 4 is 40.5 Å². The normalized spacial score (nSPS) is 12.0. The van der Waals surface area contributed by atoms with E-state index in [0.717, 1.165) is 0 Å². The number of Topliss-reactive ketones (excluding diaryl/α,β-unsaturated/α-hetero) is 1. The fraction of sp³-hybridized carbons (Fsp3) is 0.348. The Hall–Kier alpha value is -3.41. The van der Waals surface area contributed by atoms with Crippen LogP contribution in [0.4, 0.5) is 13.2 Å². The highest BCUT2D eigenvalue weighted by Gasteiger charge is 2.30. The van der Waals surface area contributed by atoms with Gasteiger partial charge in [-0.05, 0) is 62.9 Å². The standard InChI is InChI=1S/C23H22F3N3O5S/c1-22(2,3)34-18(31)11-17(30)14-8-7-13(21(32)33-5)19(27-14)20-28-15-10-12(35-23(24,25)26)6-9-16(15)29(20)4/h6-10H,11H2,1-5H3. The van der Waals surface area contributed by atoms with E-state index in [1.165, 1.54) is 42.0 Å². The molecule has 0 N–H and O–H groups in total. The minimum Gasteiger partial charge on any atom is -0.465 e. The molecule has 12 heteroatoms. The number of ether oxygens (including phenoxy) is 2. The summed E-state index contributed by atoms with van der Waals surface area (Å²) in [4.78, 5) is 45.7. The van der Waals surface area contributed by atoms with Gasteiger partial charge in [-0.2, -0.15) is 13.2 Å². The number of halogens is 3. The van der Waals surface area contributed by atoms with Gasteiger partial charge in [0, 0.05) is 11.9 Å². The number of imidazole rings is 1. The Balaban J connectivity index is 2.06. The first-order chi connectivity index (χ1) is 16.2. The van der Waals surface area contributed by atoms with Gasteiger partial charge in [0.25, 0.3) is 0 Å². The van der Waals surface area contributed by atoms with Crippen LogP contribution in [0.3, 0.4) is 0 Å². The maximum Gasteiger partial charge on any atom is 0.446 e. The summed E-state index contributed by atoms with van der Waals surface area (Å²) in [6, 6.07) is 6.65. The molecule has 0 aliphatic carbocycles. The van der Waals surface area contributed by atoms with Crippen LogP contribution in [0.25, 0.3) is 22.6 Å². The minimum absolute atomic E-state index is 0.00962. The quantitative estimate of drug-likeness (QED) is 0.199. The molecule has 3 aromatic rings. The molecular weight excluding hydrogens is 487 g/mol. The largest absolute Gasteiger partial charge is 0.465 e. The SMILES string of the molecule is COC(=O)c1ccc(C(=O)CC(=O)OC(C)(C)C)nc1-c1nc2cc(SC(F)(F)F)ccc2n1C. The number of aromatic nitrogens is 3. The van der Waals surface area contributed by atoms with Gasteiger partial charge >= 0.3 is 17.4 Å². The molecule has 2 aromatic heterocycles. The smallest absolute Gasteiger partial charge is 0.446 e. The van der Waals surface area contributed by atoms with E-state index in [4.69, 9.17) is 9.47 Å². The Morgan fingerprint density at radius 2 is 1.74 bits per heavy atom. The topological polar surface area (TPSA) is 100 Å². The first-order valence-electron chi connectivity index (χ1n) is 10.3. The van der Waals surface area contributed by atoms with Crippen molar-refractivity contribution < 1.29 is 37.0 Å². The molecule has 0 bridgehead atoms. The predicted molar refractivity (Wildman–Crippen MR) is 122 cm³/mol. The van der Waals surface area contributed by atoms with Crippen molar-refractivity contribution in [3.63, 3.8) is 0 Å². The number of methoxy groups -OCH3 is 1. The molecule has 0 saturated heterocycles. The number of ketones is 1. The Labute approximate surface area is 202 Å². The van der Waals surface area contributed by atoms with Crippen LogP contribution in [0.15, 0.2) is 35.2 Å². The molecule has 8 nitrogen and oxygen atoms in total. The molecule has 1 aromatic carbocycles. The van der Waals surface area contributed by atoms with E-state index in [1.54, 1.807) is 27.8 Å². The lowest BCUT2D eigenvalue weighted by Crippen LogP contribution is -2.25. The monoisotopic (exact) mass is 509 g/mol. The van der Waals surface area contributed by atoms with Crippen molar-refractivity contribution in [1.29, 1.82) is 0 Å². The highest BCUT2D eigenvalue weighted by atomic mass is 32.2. The average Bonchev–Trinajstić information content (AvgIpc) is 3.05. The zero-order chi connectivity index (χ0) is 26.1. The molecular formula is C23H22F3N3O5S. The average molecular weight is 510 g/mol.